The molecule has 0 unspecified atom stereocenters. The normalized spacial score (nSPS) is 15.6. The summed E-state index contributed by atoms with van der Waals surface area (Å²) in [6.07, 6.45) is 0. The van der Waals surface area contributed by atoms with E-state index in [4.69, 9.17) is 16.1 Å². The molecule has 1 saturated heterocycles. The van der Waals surface area contributed by atoms with Crippen LogP contribution >= 0.6 is 11.6 Å². The third-order valence-electron chi connectivity index (χ3n) is 4.70. The van der Waals surface area contributed by atoms with Gasteiger partial charge in [0.15, 0.2) is 0 Å². The Labute approximate surface area is 151 Å². The number of halogens is 1. The molecule has 1 aliphatic rings. The third-order valence-corrected chi connectivity index (χ3v) is 4.99. The molecule has 2 aromatic rings. The van der Waals surface area contributed by atoms with Gasteiger partial charge < -0.3 is 9.42 Å². The maximum Gasteiger partial charge on any atom is 0.271 e. The van der Waals surface area contributed by atoms with E-state index in [2.05, 4.69) is 15.0 Å². The van der Waals surface area contributed by atoms with Crippen LogP contribution in [0.1, 0.15) is 22.6 Å². The summed E-state index contributed by atoms with van der Waals surface area (Å²) < 4.78 is 5.23. The number of aromatic nitrogens is 1. The van der Waals surface area contributed by atoms with Gasteiger partial charge in [0, 0.05) is 50.4 Å². The second-order valence-electron chi connectivity index (χ2n) is 6.42. The van der Waals surface area contributed by atoms with Crippen LogP contribution in [0.15, 0.2) is 16.7 Å². The molecule has 2 heterocycles. The van der Waals surface area contributed by atoms with Crippen LogP contribution in [-0.2, 0) is 6.54 Å². The molecule has 0 radical (unpaired) electrons. The van der Waals surface area contributed by atoms with Gasteiger partial charge in [0.2, 0.25) is 0 Å². The Balaban J connectivity index is 1.69. The van der Waals surface area contributed by atoms with Crippen LogP contribution in [-0.4, -0.2) is 41.2 Å². The highest BCUT2D eigenvalue weighted by Gasteiger charge is 2.23. The number of hydrogen-bond acceptors (Lipinski definition) is 6. The molecule has 1 aliphatic heterocycles. The SMILES string of the molecule is Cc1cc([N+](=O)[O-])cc(Cl)c1N1CCN(Cc2c(C)noc2C)CC1. The van der Waals surface area contributed by atoms with Crippen molar-refractivity contribution in [2.75, 3.05) is 31.1 Å². The standard InChI is InChI=1S/C17H21ClN4O3/c1-11-8-14(22(23)24)9-16(18)17(11)21-6-4-20(5-7-21)10-15-12(2)19-25-13(15)3/h8-9H,4-7,10H2,1-3H3. The van der Waals surface area contributed by atoms with Crippen molar-refractivity contribution in [1.29, 1.82) is 0 Å². The Morgan fingerprint density at radius 1 is 1.24 bits per heavy atom. The Hall–Kier alpha value is -2.12. The largest absolute Gasteiger partial charge is 0.368 e. The summed E-state index contributed by atoms with van der Waals surface area (Å²) in [7, 11) is 0. The second kappa shape index (κ2) is 7.01. The van der Waals surface area contributed by atoms with Crippen LogP contribution in [0.2, 0.25) is 5.02 Å². The van der Waals surface area contributed by atoms with E-state index in [9.17, 15) is 10.1 Å². The van der Waals surface area contributed by atoms with Crippen molar-refractivity contribution >= 4 is 23.0 Å². The fourth-order valence-electron chi connectivity index (χ4n) is 3.31. The predicted octanol–water partition coefficient (Wildman–Crippen LogP) is 3.48. The van der Waals surface area contributed by atoms with E-state index in [1.54, 1.807) is 6.07 Å². The minimum absolute atomic E-state index is 0.0308. The molecule has 0 saturated carbocycles. The maximum absolute atomic E-state index is 11.0. The molecule has 1 aromatic carbocycles. The van der Waals surface area contributed by atoms with Gasteiger partial charge in [0.1, 0.15) is 5.76 Å². The van der Waals surface area contributed by atoms with Gasteiger partial charge in [-0.25, -0.2) is 0 Å². The lowest BCUT2D eigenvalue weighted by Crippen LogP contribution is -2.46. The first-order valence-corrected chi connectivity index (χ1v) is 8.58. The van der Waals surface area contributed by atoms with Crippen molar-refractivity contribution in [3.8, 4) is 0 Å². The molecule has 1 fully saturated rings. The van der Waals surface area contributed by atoms with Gasteiger partial charge >= 0.3 is 0 Å². The van der Waals surface area contributed by atoms with Gasteiger partial charge in [-0.1, -0.05) is 16.8 Å². The molecule has 1 aromatic heterocycles. The fourth-order valence-corrected chi connectivity index (χ4v) is 3.69. The maximum atomic E-state index is 11.0. The van der Waals surface area contributed by atoms with Gasteiger partial charge in [-0.05, 0) is 26.3 Å². The number of piperazine rings is 1. The highest BCUT2D eigenvalue weighted by atomic mass is 35.5. The molecule has 7 nitrogen and oxygen atoms in total. The van der Waals surface area contributed by atoms with E-state index in [1.807, 2.05) is 20.8 Å². The van der Waals surface area contributed by atoms with Crippen molar-refractivity contribution in [3.05, 3.63) is 49.9 Å². The quantitative estimate of drug-likeness (QED) is 0.610. The number of aryl methyl sites for hydroxylation is 3. The monoisotopic (exact) mass is 364 g/mol. The van der Waals surface area contributed by atoms with E-state index in [0.717, 1.165) is 61.0 Å². The molecule has 0 bridgehead atoms. The number of nitrogens with zero attached hydrogens (tertiary/aromatic N) is 4. The Morgan fingerprint density at radius 3 is 2.44 bits per heavy atom. The molecular weight excluding hydrogens is 344 g/mol. The summed E-state index contributed by atoms with van der Waals surface area (Å²) in [5.74, 6) is 0.870. The molecule has 0 N–H and O–H groups in total. The Bertz CT molecular complexity index is 755. The van der Waals surface area contributed by atoms with E-state index in [0.29, 0.717) is 5.02 Å². The smallest absolute Gasteiger partial charge is 0.271 e. The minimum Gasteiger partial charge on any atom is -0.368 e. The van der Waals surface area contributed by atoms with E-state index in [1.165, 1.54) is 6.07 Å². The zero-order valence-corrected chi connectivity index (χ0v) is 15.3. The van der Waals surface area contributed by atoms with Crippen molar-refractivity contribution in [2.24, 2.45) is 0 Å². The summed E-state index contributed by atoms with van der Waals surface area (Å²) in [6.45, 7) is 10.00. The number of benzene rings is 1. The second-order valence-corrected chi connectivity index (χ2v) is 6.82. The zero-order valence-electron chi connectivity index (χ0n) is 14.6. The number of rotatable bonds is 4. The van der Waals surface area contributed by atoms with Crippen LogP contribution in [0.3, 0.4) is 0 Å². The summed E-state index contributed by atoms with van der Waals surface area (Å²) in [5.41, 5.74) is 3.85. The molecule has 25 heavy (non-hydrogen) atoms. The summed E-state index contributed by atoms with van der Waals surface area (Å²) >= 11 is 6.32. The van der Waals surface area contributed by atoms with Crippen LogP contribution in [0.25, 0.3) is 0 Å². The van der Waals surface area contributed by atoms with Gasteiger partial charge in [-0.3, -0.25) is 15.0 Å². The summed E-state index contributed by atoms with van der Waals surface area (Å²) in [5, 5.41) is 15.4. The molecule has 0 aliphatic carbocycles. The molecule has 134 valence electrons. The minimum atomic E-state index is -0.412. The third kappa shape index (κ3) is 3.62. The number of anilines is 1. The first kappa shape index (κ1) is 17.7. The lowest BCUT2D eigenvalue weighted by molar-refractivity contribution is -0.384. The van der Waals surface area contributed by atoms with Gasteiger partial charge in [-0.15, -0.1) is 0 Å². The Kier molecular flexibility index (Phi) is 4.96. The number of non-ortho nitro benzene ring substituents is 1. The highest BCUT2D eigenvalue weighted by molar-refractivity contribution is 6.33. The van der Waals surface area contributed by atoms with Crippen LogP contribution in [0.5, 0.6) is 0 Å². The molecule has 0 spiro atoms. The van der Waals surface area contributed by atoms with Gasteiger partial charge in [0.25, 0.3) is 5.69 Å². The highest BCUT2D eigenvalue weighted by Crippen LogP contribution is 2.34. The topological polar surface area (TPSA) is 75.7 Å². The van der Waals surface area contributed by atoms with Crippen LogP contribution in [0.4, 0.5) is 11.4 Å². The lowest BCUT2D eigenvalue weighted by Gasteiger charge is -2.37. The Morgan fingerprint density at radius 2 is 1.92 bits per heavy atom. The van der Waals surface area contributed by atoms with Crippen molar-refractivity contribution in [2.45, 2.75) is 27.3 Å². The molecular formula is C17H21ClN4O3. The lowest BCUT2D eigenvalue weighted by atomic mass is 10.1. The first-order valence-electron chi connectivity index (χ1n) is 8.20. The predicted molar refractivity (Wildman–Crippen MR) is 96.3 cm³/mol. The van der Waals surface area contributed by atoms with E-state index < -0.39 is 4.92 Å². The number of nitro benzene ring substituents is 1. The number of hydrogen-bond donors (Lipinski definition) is 0. The number of nitro groups is 1. The van der Waals surface area contributed by atoms with Crippen molar-refractivity contribution in [1.82, 2.24) is 10.1 Å². The van der Waals surface area contributed by atoms with E-state index >= 15 is 0 Å². The molecule has 8 heteroatoms. The molecule has 0 atom stereocenters. The van der Waals surface area contributed by atoms with Gasteiger partial charge in [0.05, 0.1) is 21.3 Å². The molecule has 0 amide bonds. The average Bonchev–Trinajstić information content (AvgIpc) is 2.87. The fraction of sp³-hybridized carbons (Fsp3) is 0.471. The zero-order chi connectivity index (χ0) is 18.1. The van der Waals surface area contributed by atoms with E-state index in [-0.39, 0.29) is 5.69 Å². The van der Waals surface area contributed by atoms with Crippen molar-refractivity contribution in [3.63, 3.8) is 0 Å². The summed E-state index contributed by atoms with van der Waals surface area (Å²) in [4.78, 5) is 15.1. The molecule has 3 rings (SSSR count). The van der Waals surface area contributed by atoms with Crippen LogP contribution < -0.4 is 4.90 Å². The first-order chi connectivity index (χ1) is 11.9. The van der Waals surface area contributed by atoms with Crippen LogP contribution in [0, 0.1) is 30.9 Å². The van der Waals surface area contributed by atoms with Gasteiger partial charge in [-0.2, -0.15) is 0 Å². The summed E-state index contributed by atoms with van der Waals surface area (Å²) in [6, 6.07) is 3.01. The van der Waals surface area contributed by atoms with Crippen molar-refractivity contribution < 1.29 is 9.45 Å². The average molecular weight is 365 g/mol.